The van der Waals surface area contributed by atoms with Crippen LogP contribution in [-0.2, 0) is 5.41 Å². The number of aryl methyl sites for hydroxylation is 1. The van der Waals surface area contributed by atoms with Gasteiger partial charge < -0.3 is 4.42 Å². The summed E-state index contributed by atoms with van der Waals surface area (Å²) in [5.74, 6) is 0.503. The summed E-state index contributed by atoms with van der Waals surface area (Å²) in [5.41, 5.74) is 3.97. The lowest BCUT2D eigenvalue weighted by Gasteiger charge is -2.19. The summed E-state index contributed by atoms with van der Waals surface area (Å²) in [4.78, 5) is 5.11. The van der Waals surface area contributed by atoms with E-state index < -0.39 is 0 Å². The Labute approximate surface area is 128 Å². The third-order valence-corrected chi connectivity index (χ3v) is 3.65. The van der Waals surface area contributed by atoms with Gasteiger partial charge in [0.15, 0.2) is 0 Å². The molecule has 0 unspecified atom stereocenters. The topological polar surface area (TPSA) is 54.7 Å². The van der Waals surface area contributed by atoms with E-state index in [0.717, 1.165) is 27.7 Å². The smallest absolute Gasteiger partial charge is 0.284 e. The molecule has 2 aromatic heterocycles. The minimum absolute atomic E-state index is 0.0572. The molecule has 3 rings (SSSR count). The minimum atomic E-state index is -0.0572. The lowest BCUT2D eigenvalue weighted by Crippen LogP contribution is -2.14. The molecule has 1 aromatic carbocycles. The van der Waals surface area contributed by atoms with Crippen LogP contribution in [0.4, 0.5) is 0 Å². The van der Waals surface area contributed by atoms with E-state index in [1.165, 1.54) is 0 Å². The zero-order valence-electron chi connectivity index (χ0n) is 12.5. The third kappa shape index (κ3) is 2.49. The van der Waals surface area contributed by atoms with Crippen LogP contribution in [0.3, 0.4) is 0 Å². The van der Waals surface area contributed by atoms with Gasteiger partial charge in [-0.1, -0.05) is 39.0 Å². The average molecular weight is 299 g/mol. The number of para-hydroxylation sites is 1. The quantitative estimate of drug-likeness (QED) is 0.670. The summed E-state index contributed by atoms with van der Waals surface area (Å²) in [6, 6.07) is 8.15. The van der Waals surface area contributed by atoms with Gasteiger partial charge in [0.1, 0.15) is 0 Å². The van der Waals surface area contributed by atoms with E-state index in [4.69, 9.17) is 21.6 Å². The molecule has 4 nitrogen and oxygen atoms in total. The Morgan fingerprint density at radius 3 is 2.62 bits per heavy atom. The molecule has 0 bridgehead atoms. The molecule has 0 atom stereocenters. The van der Waals surface area contributed by atoms with Crippen LogP contribution < -0.4 is 0 Å². The number of fused-ring (bicyclic) bond motifs is 1. The number of aromatic amines is 1. The van der Waals surface area contributed by atoms with Gasteiger partial charge in [0.05, 0.1) is 5.52 Å². The molecule has 0 amide bonds. The first kappa shape index (κ1) is 13.9. The number of rotatable bonds is 1. The molecule has 0 saturated heterocycles. The molecular weight excluding hydrogens is 282 g/mol. The van der Waals surface area contributed by atoms with Crippen molar-refractivity contribution in [3.63, 3.8) is 0 Å². The van der Waals surface area contributed by atoms with Crippen molar-refractivity contribution in [2.75, 3.05) is 0 Å². The van der Waals surface area contributed by atoms with Gasteiger partial charge in [0.2, 0.25) is 5.89 Å². The minimum Gasteiger partial charge on any atom is -0.409 e. The van der Waals surface area contributed by atoms with Gasteiger partial charge in [-0.3, -0.25) is 4.98 Å². The first-order valence-electron chi connectivity index (χ1n) is 6.83. The Bertz CT molecular complexity index is 871. The van der Waals surface area contributed by atoms with E-state index in [2.05, 4.69) is 44.0 Å². The molecule has 0 fully saturated rings. The van der Waals surface area contributed by atoms with Crippen molar-refractivity contribution >= 4 is 23.1 Å². The highest BCUT2D eigenvalue weighted by atomic mass is 32.1. The highest BCUT2D eigenvalue weighted by Gasteiger charge is 2.20. The fourth-order valence-electron chi connectivity index (χ4n) is 2.30. The van der Waals surface area contributed by atoms with Crippen LogP contribution in [0.25, 0.3) is 22.4 Å². The molecule has 0 spiro atoms. The van der Waals surface area contributed by atoms with Crippen LogP contribution >= 0.6 is 12.2 Å². The van der Waals surface area contributed by atoms with Gasteiger partial charge in [-0.25, -0.2) is 5.10 Å². The summed E-state index contributed by atoms with van der Waals surface area (Å²) in [6.45, 7) is 8.49. The molecule has 0 aliphatic carbocycles. The maximum absolute atomic E-state index is 5.51. The van der Waals surface area contributed by atoms with Crippen molar-refractivity contribution in [1.82, 2.24) is 15.2 Å². The Balaban J connectivity index is 2.41. The second-order valence-corrected chi connectivity index (χ2v) is 6.57. The number of H-pyrrole nitrogens is 1. The number of nitrogens with zero attached hydrogens (tertiary/aromatic N) is 2. The zero-order chi connectivity index (χ0) is 15.2. The number of hydrogen-bond acceptors (Lipinski definition) is 4. The lowest BCUT2D eigenvalue weighted by atomic mass is 9.89. The summed E-state index contributed by atoms with van der Waals surface area (Å²) >= 11 is 4.99. The number of nitrogens with one attached hydrogen (secondary N) is 1. The van der Waals surface area contributed by atoms with E-state index in [-0.39, 0.29) is 10.3 Å². The molecule has 108 valence electrons. The fraction of sp³-hybridized carbons (Fsp3) is 0.312. The van der Waals surface area contributed by atoms with Crippen molar-refractivity contribution in [1.29, 1.82) is 0 Å². The van der Waals surface area contributed by atoms with E-state index in [1.807, 2.05) is 18.2 Å². The Kier molecular flexibility index (Phi) is 3.17. The monoisotopic (exact) mass is 299 g/mol. The first-order chi connectivity index (χ1) is 9.86. The van der Waals surface area contributed by atoms with Gasteiger partial charge in [-0.15, -0.1) is 5.10 Å². The average Bonchev–Trinajstić information content (AvgIpc) is 2.83. The molecule has 2 heterocycles. The van der Waals surface area contributed by atoms with E-state index >= 15 is 0 Å². The molecule has 0 saturated carbocycles. The highest BCUT2D eigenvalue weighted by molar-refractivity contribution is 7.71. The van der Waals surface area contributed by atoms with Gasteiger partial charge in [0.25, 0.3) is 4.84 Å². The SMILES string of the molecule is Cc1cccc2c(-c3n[nH]c(=S)o3)cc(C(C)(C)C)nc12. The van der Waals surface area contributed by atoms with Crippen molar-refractivity contribution in [2.45, 2.75) is 33.1 Å². The van der Waals surface area contributed by atoms with Gasteiger partial charge in [-0.05, 0) is 30.8 Å². The van der Waals surface area contributed by atoms with Gasteiger partial charge in [-0.2, -0.15) is 0 Å². The lowest BCUT2D eigenvalue weighted by molar-refractivity contribution is 0.550. The van der Waals surface area contributed by atoms with Crippen molar-refractivity contribution in [3.8, 4) is 11.5 Å². The number of hydrogen-bond donors (Lipinski definition) is 1. The standard InChI is InChI=1S/C16H17N3OS/c1-9-6-5-7-10-11(14-18-19-15(21)20-14)8-12(16(2,3)4)17-13(9)10/h5-8H,1-4H3,(H,19,21). The molecule has 0 aliphatic rings. The second-order valence-electron chi connectivity index (χ2n) is 6.19. The predicted octanol–water partition coefficient (Wildman–Crippen LogP) is 4.55. The summed E-state index contributed by atoms with van der Waals surface area (Å²) in [7, 11) is 0. The van der Waals surface area contributed by atoms with Gasteiger partial charge >= 0.3 is 0 Å². The molecule has 5 heteroatoms. The number of pyridine rings is 1. The summed E-state index contributed by atoms with van der Waals surface area (Å²) < 4.78 is 5.51. The number of aromatic nitrogens is 3. The third-order valence-electron chi connectivity index (χ3n) is 3.48. The van der Waals surface area contributed by atoms with Crippen LogP contribution in [0.1, 0.15) is 32.0 Å². The molecular formula is C16H17N3OS. The fourth-order valence-corrected chi connectivity index (χ4v) is 2.42. The largest absolute Gasteiger partial charge is 0.409 e. The summed E-state index contributed by atoms with van der Waals surface area (Å²) in [5, 5.41) is 7.87. The Morgan fingerprint density at radius 2 is 2.00 bits per heavy atom. The highest BCUT2D eigenvalue weighted by Crippen LogP contribution is 2.32. The normalized spacial score (nSPS) is 12.0. The molecule has 0 aliphatic heterocycles. The van der Waals surface area contributed by atoms with Crippen LogP contribution in [0.5, 0.6) is 0 Å². The van der Waals surface area contributed by atoms with Crippen LogP contribution in [0.15, 0.2) is 28.7 Å². The zero-order valence-corrected chi connectivity index (χ0v) is 13.3. The number of benzene rings is 1. The molecule has 21 heavy (non-hydrogen) atoms. The Morgan fingerprint density at radius 1 is 1.24 bits per heavy atom. The second kappa shape index (κ2) is 4.77. The van der Waals surface area contributed by atoms with Crippen molar-refractivity contribution < 1.29 is 4.42 Å². The Hall–Kier alpha value is -2.01. The van der Waals surface area contributed by atoms with Crippen LogP contribution in [0, 0.1) is 11.8 Å². The first-order valence-corrected chi connectivity index (χ1v) is 7.24. The van der Waals surface area contributed by atoms with Crippen molar-refractivity contribution in [3.05, 3.63) is 40.4 Å². The maximum atomic E-state index is 5.51. The molecule has 3 aromatic rings. The molecule has 0 radical (unpaired) electrons. The predicted molar refractivity (Wildman–Crippen MR) is 85.9 cm³/mol. The van der Waals surface area contributed by atoms with Crippen molar-refractivity contribution in [2.24, 2.45) is 0 Å². The summed E-state index contributed by atoms with van der Waals surface area (Å²) in [6.07, 6.45) is 0. The van der Waals surface area contributed by atoms with E-state index in [9.17, 15) is 0 Å². The van der Waals surface area contributed by atoms with E-state index in [0.29, 0.717) is 5.89 Å². The maximum Gasteiger partial charge on any atom is 0.284 e. The van der Waals surface area contributed by atoms with Crippen LogP contribution in [0.2, 0.25) is 0 Å². The van der Waals surface area contributed by atoms with Gasteiger partial charge in [0, 0.05) is 22.1 Å². The molecule has 1 N–H and O–H groups in total. The van der Waals surface area contributed by atoms with Crippen LogP contribution in [-0.4, -0.2) is 15.2 Å². The van der Waals surface area contributed by atoms with E-state index in [1.54, 1.807) is 0 Å².